The van der Waals surface area contributed by atoms with Gasteiger partial charge in [-0.15, -0.1) is 0 Å². The van der Waals surface area contributed by atoms with Gasteiger partial charge < -0.3 is 53.3 Å². The van der Waals surface area contributed by atoms with Gasteiger partial charge in [0.25, 0.3) is 0 Å². The second kappa shape index (κ2) is 12.0. The largest absolute Gasteiger partial charge is 0.463 e. The van der Waals surface area contributed by atoms with E-state index in [9.17, 15) is 25.2 Å². The highest BCUT2D eigenvalue weighted by Crippen LogP contribution is 2.30. The van der Waals surface area contributed by atoms with Gasteiger partial charge >= 0.3 is 0 Å². The second-order valence-electron chi connectivity index (χ2n) is 10.2. The average Bonchev–Trinajstić information content (AvgIpc) is 2.96. The van der Waals surface area contributed by atoms with Crippen LogP contribution in [0.2, 0.25) is 0 Å². The molecule has 0 unspecified atom stereocenters. The highest BCUT2D eigenvalue weighted by atomic mass is 16.7. The first-order chi connectivity index (χ1) is 19.6. The number of aliphatic hydroxyl groups is 4. The number of ether oxygens (including phenoxy) is 6. The molecule has 0 bridgehead atoms. The van der Waals surface area contributed by atoms with E-state index in [2.05, 4.69) is 0 Å². The third-order valence-electron chi connectivity index (χ3n) is 7.52. The smallest absolute Gasteiger partial charge is 0.229 e. The minimum absolute atomic E-state index is 0.269. The Balaban J connectivity index is 1.31. The Bertz CT molecular complexity index is 1390. The van der Waals surface area contributed by atoms with Crippen molar-refractivity contribution in [2.45, 2.75) is 75.3 Å². The van der Waals surface area contributed by atoms with Crippen LogP contribution in [0.5, 0.6) is 11.5 Å². The Hall–Kier alpha value is -3.07. The number of benzene rings is 2. The summed E-state index contributed by atoms with van der Waals surface area (Å²) in [5.74, 6) is 0.676. The van der Waals surface area contributed by atoms with Gasteiger partial charge in [0, 0.05) is 20.3 Å². The van der Waals surface area contributed by atoms with E-state index in [1.165, 1.54) is 26.5 Å². The molecule has 12 heteroatoms. The van der Waals surface area contributed by atoms with Crippen molar-refractivity contribution in [3.05, 3.63) is 59.0 Å². The molecule has 2 aromatic carbocycles. The molecule has 222 valence electrons. The van der Waals surface area contributed by atoms with Gasteiger partial charge in [-0.2, -0.15) is 0 Å². The summed E-state index contributed by atoms with van der Waals surface area (Å²) in [5, 5.41) is 41.6. The Morgan fingerprint density at radius 3 is 1.76 bits per heavy atom. The van der Waals surface area contributed by atoms with E-state index in [4.69, 9.17) is 32.8 Å². The van der Waals surface area contributed by atoms with Gasteiger partial charge in [0.1, 0.15) is 60.0 Å². The quantitative estimate of drug-likeness (QED) is 0.319. The van der Waals surface area contributed by atoms with Gasteiger partial charge in [0.15, 0.2) is 5.43 Å². The maximum absolute atomic E-state index is 13.3. The Morgan fingerprint density at radius 1 is 0.707 bits per heavy atom. The molecule has 0 radical (unpaired) electrons. The molecule has 4 N–H and O–H groups in total. The molecule has 2 saturated heterocycles. The van der Waals surface area contributed by atoms with E-state index >= 15 is 0 Å². The summed E-state index contributed by atoms with van der Waals surface area (Å²) < 4.78 is 39.0. The van der Waals surface area contributed by atoms with E-state index in [1.54, 1.807) is 50.2 Å². The van der Waals surface area contributed by atoms with Gasteiger partial charge in [0.2, 0.25) is 12.6 Å². The van der Waals surface area contributed by atoms with Crippen LogP contribution >= 0.6 is 0 Å². The van der Waals surface area contributed by atoms with Crippen LogP contribution in [0.3, 0.4) is 0 Å². The third kappa shape index (κ3) is 5.70. The SMILES string of the molecule is CO[C@@H]1[C@@H](O)[C@H](C)O[C@@H](Oc2ccc(-c3coc4cc(O[C@@H]5O[C@@H](C)[C@H](O)[C@@H](OC)[C@H]5O)ccc4c3=O)cc2)[C@@H]1O. The molecule has 2 fully saturated rings. The predicted molar refractivity (Wildman–Crippen MR) is 143 cm³/mol. The van der Waals surface area contributed by atoms with Crippen molar-refractivity contribution in [2.75, 3.05) is 14.2 Å². The molecule has 2 aliphatic heterocycles. The fraction of sp³-hybridized carbons (Fsp3) is 0.483. The lowest BCUT2D eigenvalue weighted by atomic mass is 10.00. The Labute approximate surface area is 235 Å². The molecular formula is C29H34O12. The Morgan fingerprint density at radius 2 is 1.22 bits per heavy atom. The fourth-order valence-corrected chi connectivity index (χ4v) is 5.11. The van der Waals surface area contributed by atoms with Crippen LogP contribution in [-0.4, -0.2) is 96.1 Å². The standard InChI is InChI=1S/C29H34O12/c1-13-21(30)26(35-3)24(33)28(38-13)40-16-7-5-15(6-8-16)19-12-37-20-11-17(9-10-18(20)23(19)32)41-29-25(34)27(36-4)22(31)14(2)39-29/h5-14,21-22,24-31,33-34H,1-4H3/t13-,14-,21-,22-,24+,25+,26+,27+,28-,29-/m0/s1. The number of aliphatic hydroxyl groups excluding tert-OH is 4. The molecule has 0 saturated carbocycles. The highest BCUT2D eigenvalue weighted by Gasteiger charge is 2.45. The number of fused-ring (bicyclic) bond motifs is 1. The minimum Gasteiger partial charge on any atom is -0.463 e. The second-order valence-corrected chi connectivity index (χ2v) is 10.2. The fourth-order valence-electron chi connectivity index (χ4n) is 5.11. The van der Waals surface area contributed by atoms with E-state index in [0.29, 0.717) is 28.0 Å². The summed E-state index contributed by atoms with van der Waals surface area (Å²) in [5.41, 5.74) is 0.896. The highest BCUT2D eigenvalue weighted by molar-refractivity contribution is 5.82. The van der Waals surface area contributed by atoms with Crippen LogP contribution < -0.4 is 14.9 Å². The lowest BCUT2D eigenvalue weighted by molar-refractivity contribution is -0.273. The number of methoxy groups -OCH3 is 2. The molecule has 0 aliphatic carbocycles. The van der Waals surface area contributed by atoms with Crippen LogP contribution in [-0.2, 0) is 18.9 Å². The van der Waals surface area contributed by atoms with E-state index < -0.39 is 61.4 Å². The zero-order chi connectivity index (χ0) is 29.4. The van der Waals surface area contributed by atoms with Crippen molar-refractivity contribution in [3.8, 4) is 22.6 Å². The zero-order valence-electron chi connectivity index (χ0n) is 22.9. The van der Waals surface area contributed by atoms with Crippen LogP contribution in [0.1, 0.15) is 13.8 Å². The predicted octanol–water partition coefficient (Wildman–Crippen LogP) is 1.18. The van der Waals surface area contributed by atoms with Gasteiger partial charge in [-0.05, 0) is 43.7 Å². The van der Waals surface area contributed by atoms with Crippen LogP contribution in [0.4, 0.5) is 0 Å². The molecule has 1 aromatic heterocycles. The molecule has 10 atom stereocenters. The molecule has 12 nitrogen and oxygen atoms in total. The van der Waals surface area contributed by atoms with E-state index in [0.717, 1.165) is 0 Å². The molecule has 3 aromatic rings. The first-order valence-electron chi connectivity index (χ1n) is 13.2. The molecule has 5 rings (SSSR count). The molecule has 41 heavy (non-hydrogen) atoms. The van der Waals surface area contributed by atoms with Crippen molar-refractivity contribution in [1.82, 2.24) is 0 Å². The molecule has 2 aliphatic rings. The van der Waals surface area contributed by atoms with Crippen LogP contribution in [0, 0.1) is 0 Å². The molecule has 0 spiro atoms. The maximum Gasteiger partial charge on any atom is 0.229 e. The van der Waals surface area contributed by atoms with Gasteiger partial charge in [-0.3, -0.25) is 4.79 Å². The van der Waals surface area contributed by atoms with Crippen molar-refractivity contribution in [1.29, 1.82) is 0 Å². The third-order valence-corrected chi connectivity index (χ3v) is 7.52. The lowest BCUT2D eigenvalue weighted by Gasteiger charge is -2.40. The maximum atomic E-state index is 13.3. The summed E-state index contributed by atoms with van der Waals surface area (Å²) in [6.07, 6.45) is -8.28. The molecular weight excluding hydrogens is 540 g/mol. The summed E-state index contributed by atoms with van der Waals surface area (Å²) in [6, 6.07) is 11.3. The van der Waals surface area contributed by atoms with Crippen molar-refractivity contribution < 1.29 is 53.3 Å². The van der Waals surface area contributed by atoms with Crippen molar-refractivity contribution >= 4 is 11.0 Å². The zero-order valence-corrected chi connectivity index (χ0v) is 22.9. The summed E-state index contributed by atoms with van der Waals surface area (Å²) in [7, 11) is 2.77. The van der Waals surface area contributed by atoms with Gasteiger partial charge in [-0.25, -0.2) is 0 Å². The summed E-state index contributed by atoms with van der Waals surface area (Å²) in [4.78, 5) is 13.3. The summed E-state index contributed by atoms with van der Waals surface area (Å²) >= 11 is 0. The van der Waals surface area contributed by atoms with Gasteiger partial charge in [-0.1, -0.05) is 12.1 Å². The molecule has 3 heterocycles. The van der Waals surface area contributed by atoms with Crippen molar-refractivity contribution in [2.24, 2.45) is 0 Å². The summed E-state index contributed by atoms with van der Waals surface area (Å²) in [6.45, 7) is 3.31. The number of rotatable bonds is 7. The number of hydrogen-bond acceptors (Lipinski definition) is 12. The number of hydrogen-bond donors (Lipinski definition) is 4. The normalized spacial score (nSPS) is 34.0. The van der Waals surface area contributed by atoms with E-state index in [-0.39, 0.29) is 11.0 Å². The average molecular weight is 575 g/mol. The van der Waals surface area contributed by atoms with Crippen LogP contribution in [0.25, 0.3) is 22.1 Å². The minimum atomic E-state index is -1.24. The topological polar surface area (TPSA) is 167 Å². The first-order valence-corrected chi connectivity index (χ1v) is 13.2. The monoisotopic (exact) mass is 574 g/mol. The Kier molecular flexibility index (Phi) is 8.64. The lowest BCUT2D eigenvalue weighted by Crippen LogP contribution is -2.59. The molecule has 0 amide bonds. The van der Waals surface area contributed by atoms with Crippen molar-refractivity contribution in [3.63, 3.8) is 0 Å². The van der Waals surface area contributed by atoms with E-state index in [1.807, 2.05) is 0 Å². The first kappa shape index (κ1) is 29.4. The van der Waals surface area contributed by atoms with Gasteiger partial charge in [0.05, 0.1) is 23.2 Å². The van der Waals surface area contributed by atoms with Crippen LogP contribution in [0.15, 0.2) is 57.9 Å².